The summed E-state index contributed by atoms with van der Waals surface area (Å²) in [7, 11) is -1.87. The van der Waals surface area contributed by atoms with Crippen LogP contribution in [0, 0.1) is 0 Å². The van der Waals surface area contributed by atoms with Gasteiger partial charge in [-0.25, -0.2) is 13.1 Å². The summed E-state index contributed by atoms with van der Waals surface area (Å²) in [6, 6.07) is 6.59. The lowest BCUT2D eigenvalue weighted by Crippen LogP contribution is -2.38. The number of nitrogens with zero attached hydrogens (tertiary/aromatic N) is 2. The number of rotatable bonds is 5. The van der Waals surface area contributed by atoms with E-state index in [9.17, 15) is 8.42 Å². The number of hydrogen-bond donors (Lipinski definition) is 1. The third-order valence-electron chi connectivity index (χ3n) is 3.62. The summed E-state index contributed by atoms with van der Waals surface area (Å²) in [6.45, 7) is 0.283. The molecule has 3 heterocycles. The van der Waals surface area contributed by atoms with Gasteiger partial charge in [-0.15, -0.1) is 0 Å². The highest BCUT2D eigenvalue weighted by molar-refractivity contribution is 7.90. The Labute approximate surface area is 128 Å². The summed E-state index contributed by atoms with van der Waals surface area (Å²) >= 11 is 0. The summed E-state index contributed by atoms with van der Waals surface area (Å²) in [4.78, 5) is 9.35. The van der Waals surface area contributed by atoms with E-state index >= 15 is 0 Å². The molecule has 3 rings (SSSR count). The lowest BCUT2D eigenvalue weighted by molar-refractivity contribution is -0.113. The Kier molecular flexibility index (Phi) is 4.25. The fourth-order valence-corrected chi connectivity index (χ4v) is 3.94. The van der Waals surface area contributed by atoms with Gasteiger partial charge in [0, 0.05) is 26.0 Å². The smallest absolute Gasteiger partial charge is 0.219 e. The molecule has 0 radical (unpaired) electrons. The first-order valence-electron chi connectivity index (χ1n) is 6.84. The van der Waals surface area contributed by atoms with Crippen LogP contribution in [-0.2, 0) is 21.4 Å². The summed E-state index contributed by atoms with van der Waals surface area (Å²) in [5.41, 5.74) is 0.799. The first kappa shape index (κ1) is 15.2. The second-order valence-corrected chi connectivity index (χ2v) is 7.05. The van der Waals surface area contributed by atoms with E-state index in [1.54, 1.807) is 37.6 Å². The SMILES string of the molecule is CN1OCC(S(=O)(=O)NCc2cccnc2)C1c1ccco1. The van der Waals surface area contributed by atoms with E-state index in [0.717, 1.165) is 5.56 Å². The van der Waals surface area contributed by atoms with E-state index in [0.29, 0.717) is 5.76 Å². The Hall–Kier alpha value is -1.74. The van der Waals surface area contributed by atoms with E-state index in [2.05, 4.69) is 9.71 Å². The highest BCUT2D eigenvalue weighted by Gasteiger charge is 2.44. The Bertz CT molecular complexity index is 703. The van der Waals surface area contributed by atoms with E-state index in [4.69, 9.17) is 9.25 Å². The molecule has 2 atom stereocenters. The normalized spacial score (nSPS) is 23.0. The highest BCUT2D eigenvalue weighted by atomic mass is 32.2. The van der Waals surface area contributed by atoms with Gasteiger partial charge in [-0.3, -0.25) is 9.82 Å². The fourth-order valence-electron chi connectivity index (χ4n) is 2.47. The van der Waals surface area contributed by atoms with Gasteiger partial charge in [0.15, 0.2) is 0 Å². The minimum atomic E-state index is -3.57. The molecule has 118 valence electrons. The molecule has 1 N–H and O–H groups in total. The zero-order valence-corrected chi connectivity index (χ0v) is 12.9. The maximum absolute atomic E-state index is 12.6. The summed E-state index contributed by atoms with van der Waals surface area (Å²) in [5.74, 6) is 0.566. The van der Waals surface area contributed by atoms with Crippen LogP contribution in [0.15, 0.2) is 47.3 Å². The Morgan fingerprint density at radius 2 is 2.27 bits per heavy atom. The van der Waals surface area contributed by atoms with Gasteiger partial charge >= 0.3 is 0 Å². The van der Waals surface area contributed by atoms with Crippen molar-refractivity contribution in [2.75, 3.05) is 13.7 Å². The maximum atomic E-state index is 12.6. The number of hydrogen-bond acceptors (Lipinski definition) is 6. The third-order valence-corrected chi connectivity index (χ3v) is 5.36. The van der Waals surface area contributed by atoms with Gasteiger partial charge in [-0.05, 0) is 23.8 Å². The van der Waals surface area contributed by atoms with Crippen LogP contribution in [0.4, 0.5) is 0 Å². The van der Waals surface area contributed by atoms with E-state index in [1.165, 1.54) is 11.3 Å². The van der Waals surface area contributed by atoms with Crippen molar-refractivity contribution in [1.82, 2.24) is 14.8 Å². The van der Waals surface area contributed by atoms with Crippen LogP contribution in [0.5, 0.6) is 0 Å². The molecule has 0 amide bonds. The van der Waals surface area contributed by atoms with E-state index < -0.39 is 21.3 Å². The predicted octanol–water partition coefficient (Wildman–Crippen LogP) is 1.08. The fraction of sp³-hybridized carbons (Fsp3) is 0.357. The summed E-state index contributed by atoms with van der Waals surface area (Å²) in [5, 5.41) is 0.785. The number of pyridine rings is 1. The summed E-state index contributed by atoms with van der Waals surface area (Å²) < 4.78 is 33.1. The molecule has 2 aromatic heterocycles. The maximum Gasteiger partial charge on any atom is 0.219 e. The van der Waals surface area contributed by atoms with Crippen molar-refractivity contribution in [3.05, 3.63) is 54.2 Å². The summed E-state index contributed by atoms with van der Waals surface area (Å²) in [6.07, 6.45) is 4.79. The van der Waals surface area contributed by atoms with Crippen LogP contribution in [0.1, 0.15) is 17.4 Å². The number of furan rings is 1. The molecule has 2 aromatic rings. The molecule has 1 saturated heterocycles. The standard InChI is InChI=1S/C14H17N3O4S/c1-17-14(12-5-3-7-20-12)13(10-21-17)22(18,19)16-9-11-4-2-6-15-8-11/h2-8,13-14,16H,9-10H2,1H3. The predicted molar refractivity (Wildman–Crippen MR) is 78.9 cm³/mol. The number of aromatic nitrogens is 1. The van der Waals surface area contributed by atoms with Crippen molar-refractivity contribution in [1.29, 1.82) is 0 Å². The van der Waals surface area contributed by atoms with Gasteiger partial charge < -0.3 is 4.42 Å². The molecule has 1 aliphatic heterocycles. The third kappa shape index (κ3) is 3.05. The molecule has 0 aromatic carbocycles. The molecule has 22 heavy (non-hydrogen) atoms. The van der Waals surface area contributed by atoms with Crippen LogP contribution in [0.3, 0.4) is 0 Å². The highest BCUT2D eigenvalue weighted by Crippen LogP contribution is 2.33. The second-order valence-electron chi connectivity index (χ2n) is 5.07. The van der Waals surface area contributed by atoms with Gasteiger partial charge in [0.1, 0.15) is 17.1 Å². The van der Waals surface area contributed by atoms with Crippen molar-refractivity contribution in [3.63, 3.8) is 0 Å². The van der Waals surface area contributed by atoms with E-state index in [1.807, 2.05) is 6.07 Å². The van der Waals surface area contributed by atoms with Gasteiger partial charge in [0.2, 0.25) is 10.0 Å². The first-order chi connectivity index (χ1) is 10.6. The topological polar surface area (TPSA) is 84.7 Å². The van der Waals surface area contributed by atoms with Crippen molar-refractivity contribution >= 4 is 10.0 Å². The molecular weight excluding hydrogens is 306 g/mol. The molecule has 0 saturated carbocycles. The molecule has 8 heteroatoms. The van der Waals surface area contributed by atoms with Crippen molar-refractivity contribution < 1.29 is 17.7 Å². The first-order valence-corrected chi connectivity index (χ1v) is 8.39. The Morgan fingerprint density at radius 1 is 1.41 bits per heavy atom. The van der Waals surface area contributed by atoms with Crippen LogP contribution in [0.25, 0.3) is 0 Å². The minimum Gasteiger partial charge on any atom is -0.468 e. The van der Waals surface area contributed by atoms with Crippen molar-refractivity contribution in [3.8, 4) is 0 Å². The zero-order valence-electron chi connectivity index (χ0n) is 12.0. The molecule has 1 aliphatic rings. The Balaban J connectivity index is 1.76. The molecule has 2 unspecified atom stereocenters. The van der Waals surface area contributed by atoms with Gasteiger partial charge in [-0.1, -0.05) is 6.07 Å². The lowest BCUT2D eigenvalue weighted by Gasteiger charge is -2.20. The van der Waals surface area contributed by atoms with Gasteiger partial charge in [-0.2, -0.15) is 5.06 Å². The number of hydroxylamine groups is 2. The minimum absolute atomic E-state index is 0.0875. The molecular formula is C14H17N3O4S. The molecule has 0 aliphatic carbocycles. The van der Waals surface area contributed by atoms with Crippen molar-refractivity contribution in [2.24, 2.45) is 0 Å². The molecule has 1 fully saturated rings. The monoisotopic (exact) mass is 323 g/mol. The van der Waals surface area contributed by atoms with Gasteiger partial charge in [0.05, 0.1) is 12.9 Å². The number of nitrogens with one attached hydrogen (secondary N) is 1. The van der Waals surface area contributed by atoms with Crippen LogP contribution in [-0.4, -0.2) is 37.4 Å². The molecule has 0 spiro atoms. The van der Waals surface area contributed by atoms with Crippen LogP contribution >= 0.6 is 0 Å². The number of sulfonamides is 1. The average Bonchev–Trinajstić information content (AvgIpc) is 3.15. The molecule has 0 bridgehead atoms. The van der Waals surface area contributed by atoms with Crippen LogP contribution in [0.2, 0.25) is 0 Å². The van der Waals surface area contributed by atoms with Crippen molar-refractivity contribution in [2.45, 2.75) is 17.8 Å². The van der Waals surface area contributed by atoms with Gasteiger partial charge in [0.25, 0.3) is 0 Å². The van der Waals surface area contributed by atoms with E-state index in [-0.39, 0.29) is 13.2 Å². The lowest BCUT2D eigenvalue weighted by atomic mass is 10.2. The quantitative estimate of drug-likeness (QED) is 0.886. The average molecular weight is 323 g/mol. The largest absolute Gasteiger partial charge is 0.468 e. The second kappa shape index (κ2) is 6.17. The zero-order chi connectivity index (χ0) is 15.6. The Morgan fingerprint density at radius 3 is 2.95 bits per heavy atom. The van der Waals surface area contributed by atoms with Crippen LogP contribution < -0.4 is 4.72 Å². The molecule has 7 nitrogen and oxygen atoms in total.